The SMILES string of the molecule is Cc1ccc2oc(C(=O)OCCCCN3C(=O)c4ccccc4C3=O)cc(=O)c2c1. The van der Waals surface area contributed by atoms with E-state index >= 15 is 0 Å². The van der Waals surface area contributed by atoms with Gasteiger partial charge >= 0.3 is 5.97 Å². The van der Waals surface area contributed by atoms with Crippen LogP contribution in [0.4, 0.5) is 0 Å². The van der Waals surface area contributed by atoms with E-state index in [1.54, 1.807) is 42.5 Å². The Morgan fingerprint density at radius 1 is 0.967 bits per heavy atom. The average Bonchev–Trinajstić information content (AvgIpc) is 2.98. The minimum absolute atomic E-state index is 0.0810. The maximum atomic E-state index is 12.3. The number of amides is 2. The van der Waals surface area contributed by atoms with E-state index in [0.29, 0.717) is 34.9 Å². The fraction of sp³-hybridized carbons (Fsp3) is 0.217. The lowest BCUT2D eigenvalue weighted by Gasteiger charge is -2.13. The number of fused-ring (bicyclic) bond motifs is 2. The van der Waals surface area contributed by atoms with Gasteiger partial charge in [-0.1, -0.05) is 23.8 Å². The third-order valence-corrected chi connectivity index (χ3v) is 4.97. The summed E-state index contributed by atoms with van der Waals surface area (Å²) >= 11 is 0. The fourth-order valence-electron chi connectivity index (χ4n) is 3.42. The Morgan fingerprint density at radius 3 is 2.37 bits per heavy atom. The molecule has 7 heteroatoms. The molecule has 0 atom stereocenters. The van der Waals surface area contributed by atoms with Crippen LogP contribution in [0.1, 0.15) is 49.7 Å². The van der Waals surface area contributed by atoms with E-state index < -0.39 is 5.97 Å². The highest BCUT2D eigenvalue weighted by Gasteiger charge is 2.34. The highest BCUT2D eigenvalue weighted by atomic mass is 16.5. The molecule has 4 rings (SSSR count). The van der Waals surface area contributed by atoms with Gasteiger partial charge in [-0.2, -0.15) is 0 Å². The molecule has 2 heterocycles. The standard InChI is InChI=1S/C23H19NO6/c1-14-8-9-19-17(12-14)18(25)13-20(30-19)23(28)29-11-5-4-10-24-21(26)15-6-2-3-7-16(15)22(24)27/h2-3,6-9,12-13H,4-5,10-11H2,1H3. The molecule has 0 saturated heterocycles. The number of aryl methyl sites for hydroxylation is 1. The molecule has 1 aliphatic rings. The van der Waals surface area contributed by atoms with Crippen molar-refractivity contribution in [2.75, 3.05) is 13.2 Å². The highest BCUT2D eigenvalue weighted by Crippen LogP contribution is 2.22. The second-order valence-corrected chi connectivity index (χ2v) is 7.13. The molecule has 1 aromatic heterocycles. The molecule has 2 aromatic carbocycles. The quantitative estimate of drug-likeness (QED) is 0.355. The Labute approximate surface area is 171 Å². The van der Waals surface area contributed by atoms with Crippen LogP contribution in [-0.2, 0) is 4.74 Å². The van der Waals surface area contributed by atoms with Gasteiger partial charge in [0, 0.05) is 12.6 Å². The van der Waals surface area contributed by atoms with Gasteiger partial charge in [0.25, 0.3) is 11.8 Å². The number of carbonyl (C=O) groups is 3. The summed E-state index contributed by atoms with van der Waals surface area (Å²) in [5.74, 6) is -1.49. The van der Waals surface area contributed by atoms with Crippen molar-refractivity contribution in [3.63, 3.8) is 0 Å². The van der Waals surface area contributed by atoms with E-state index in [0.717, 1.165) is 11.6 Å². The van der Waals surface area contributed by atoms with Gasteiger partial charge in [-0.15, -0.1) is 0 Å². The van der Waals surface area contributed by atoms with Crippen molar-refractivity contribution in [2.45, 2.75) is 19.8 Å². The molecule has 0 unspecified atom stereocenters. The predicted molar refractivity (Wildman–Crippen MR) is 109 cm³/mol. The second-order valence-electron chi connectivity index (χ2n) is 7.13. The van der Waals surface area contributed by atoms with Crippen LogP contribution in [0.3, 0.4) is 0 Å². The largest absolute Gasteiger partial charge is 0.460 e. The summed E-state index contributed by atoms with van der Waals surface area (Å²) in [5.41, 5.74) is 1.76. The zero-order valence-corrected chi connectivity index (χ0v) is 16.3. The first-order valence-electron chi connectivity index (χ1n) is 9.62. The number of benzene rings is 2. The molecule has 152 valence electrons. The smallest absolute Gasteiger partial charge is 0.374 e. The summed E-state index contributed by atoms with van der Waals surface area (Å²) in [6.07, 6.45) is 0.940. The Bertz CT molecular complexity index is 1190. The molecule has 0 fully saturated rings. The monoisotopic (exact) mass is 405 g/mol. The second kappa shape index (κ2) is 7.94. The number of hydrogen-bond donors (Lipinski definition) is 0. The minimum atomic E-state index is -0.727. The van der Waals surface area contributed by atoms with E-state index in [1.807, 2.05) is 6.92 Å². The molecule has 0 radical (unpaired) electrons. The molecule has 0 N–H and O–H groups in total. The van der Waals surface area contributed by atoms with Crippen LogP contribution < -0.4 is 5.43 Å². The van der Waals surface area contributed by atoms with Crippen molar-refractivity contribution < 1.29 is 23.5 Å². The van der Waals surface area contributed by atoms with Gasteiger partial charge in [-0.05, 0) is 44.0 Å². The number of unbranched alkanes of at least 4 members (excludes halogenated alkanes) is 1. The molecule has 1 aliphatic heterocycles. The normalized spacial score (nSPS) is 13.0. The number of rotatable bonds is 6. The fourth-order valence-corrected chi connectivity index (χ4v) is 3.42. The topological polar surface area (TPSA) is 93.9 Å². The highest BCUT2D eigenvalue weighted by molar-refractivity contribution is 6.21. The van der Waals surface area contributed by atoms with Gasteiger partial charge < -0.3 is 9.15 Å². The number of imide groups is 1. The number of hydrogen-bond acceptors (Lipinski definition) is 6. The molecule has 7 nitrogen and oxygen atoms in total. The van der Waals surface area contributed by atoms with Crippen LogP contribution >= 0.6 is 0 Å². The summed E-state index contributed by atoms with van der Waals surface area (Å²) < 4.78 is 10.7. The first kappa shape index (κ1) is 19.6. The van der Waals surface area contributed by atoms with Gasteiger partial charge in [0.2, 0.25) is 5.76 Å². The lowest BCUT2D eigenvalue weighted by Crippen LogP contribution is -2.30. The van der Waals surface area contributed by atoms with Crippen molar-refractivity contribution >= 4 is 28.8 Å². The van der Waals surface area contributed by atoms with Crippen LogP contribution in [0.5, 0.6) is 0 Å². The van der Waals surface area contributed by atoms with Crippen LogP contribution in [0.2, 0.25) is 0 Å². The van der Waals surface area contributed by atoms with Crippen LogP contribution in [0.25, 0.3) is 11.0 Å². The van der Waals surface area contributed by atoms with Gasteiger partial charge in [0.05, 0.1) is 23.1 Å². The Morgan fingerprint density at radius 2 is 1.67 bits per heavy atom. The number of nitrogens with zero attached hydrogens (tertiary/aromatic N) is 1. The molecular weight excluding hydrogens is 386 g/mol. The van der Waals surface area contributed by atoms with Crippen LogP contribution in [0, 0.1) is 6.92 Å². The molecule has 3 aromatic rings. The van der Waals surface area contributed by atoms with Gasteiger partial charge in [0.15, 0.2) is 5.43 Å². The summed E-state index contributed by atoms with van der Waals surface area (Å²) in [6, 6.07) is 13.0. The summed E-state index contributed by atoms with van der Waals surface area (Å²) in [6.45, 7) is 2.19. The number of esters is 1. The molecule has 0 bridgehead atoms. The maximum Gasteiger partial charge on any atom is 0.374 e. The van der Waals surface area contributed by atoms with Gasteiger partial charge in [-0.25, -0.2) is 4.79 Å². The third-order valence-electron chi connectivity index (χ3n) is 4.97. The lowest BCUT2D eigenvalue weighted by atomic mass is 10.1. The maximum absolute atomic E-state index is 12.3. The molecule has 0 saturated carbocycles. The zero-order chi connectivity index (χ0) is 21.3. The third kappa shape index (κ3) is 3.61. The molecular formula is C23H19NO6. The lowest BCUT2D eigenvalue weighted by molar-refractivity contribution is 0.0452. The molecule has 0 spiro atoms. The van der Waals surface area contributed by atoms with Crippen molar-refractivity contribution in [1.82, 2.24) is 4.90 Å². The predicted octanol–water partition coefficient (Wildman–Crippen LogP) is 3.33. The first-order chi connectivity index (χ1) is 14.5. The van der Waals surface area contributed by atoms with Gasteiger partial charge in [-0.3, -0.25) is 19.3 Å². The minimum Gasteiger partial charge on any atom is -0.460 e. The zero-order valence-electron chi connectivity index (χ0n) is 16.3. The van der Waals surface area contributed by atoms with E-state index in [2.05, 4.69) is 0 Å². The summed E-state index contributed by atoms with van der Waals surface area (Å²) in [4.78, 5) is 50.2. The Hall–Kier alpha value is -3.74. The molecule has 2 amide bonds. The van der Waals surface area contributed by atoms with E-state index in [1.165, 1.54) is 4.90 Å². The van der Waals surface area contributed by atoms with Crippen molar-refractivity contribution in [3.8, 4) is 0 Å². The van der Waals surface area contributed by atoms with E-state index in [9.17, 15) is 19.2 Å². The van der Waals surface area contributed by atoms with Crippen LogP contribution in [-0.4, -0.2) is 35.8 Å². The Balaban J connectivity index is 1.30. The molecule has 30 heavy (non-hydrogen) atoms. The van der Waals surface area contributed by atoms with Crippen molar-refractivity contribution in [2.24, 2.45) is 0 Å². The summed E-state index contributed by atoms with van der Waals surface area (Å²) in [5, 5.41) is 0.410. The Kier molecular flexibility index (Phi) is 5.18. The van der Waals surface area contributed by atoms with Gasteiger partial charge in [0.1, 0.15) is 5.58 Å². The number of ether oxygens (including phenoxy) is 1. The number of carbonyl (C=O) groups excluding carboxylic acids is 3. The first-order valence-corrected chi connectivity index (χ1v) is 9.62. The van der Waals surface area contributed by atoms with Crippen molar-refractivity contribution in [3.05, 3.63) is 81.2 Å². The summed E-state index contributed by atoms with van der Waals surface area (Å²) in [7, 11) is 0. The average molecular weight is 405 g/mol. The van der Waals surface area contributed by atoms with E-state index in [-0.39, 0.29) is 36.2 Å². The van der Waals surface area contributed by atoms with Crippen LogP contribution in [0.15, 0.2) is 57.7 Å². The van der Waals surface area contributed by atoms with E-state index in [4.69, 9.17) is 9.15 Å². The van der Waals surface area contributed by atoms with Crippen molar-refractivity contribution in [1.29, 1.82) is 0 Å². The molecule has 0 aliphatic carbocycles.